The Bertz CT molecular complexity index is 501. The van der Waals surface area contributed by atoms with Gasteiger partial charge in [-0.2, -0.15) is 0 Å². The van der Waals surface area contributed by atoms with Gasteiger partial charge in [0.15, 0.2) is 0 Å². The molecule has 0 spiro atoms. The maximum absolute atomic E-state index is 10.2. The van der Waals surface area contributed by atoms with Crippen molar-refractivity contribution in [2.45, 2.75) is 13.0 Å². The highest BCUT2D eigenvalue weighted by atomic mass is 35.5. The fraction of sp³-hybridized carbons (Fsp3) is 0.250. The molecular formula is C12H12ClNO2S. The summed E-state index contributed by atoms with van der Waals surface area (Å²) in [6, 6.07) is 5.37. The molecule has 2 aromatic rings. The Morgan fingerprint density at radius 3 is 2.94 bits per heavy atom. The molecule has 0 amide bonds. The Morgan fingerprint density at radius 2 is 2.29 bits per heavy atom. The van der Waals surface area contributed by atoms with E-state index in [-0.39, 0.29) is 0 Å². The maximum atomic E-state index is 10.2. The summed E-state index contributed by atoms with van der Waals surface area (Å²) in [5, 5.41) is 10.2. The van der Waals surface area contributed by atoms with Crippen molar-refractivity contribution in [3.63, 3.8) is 0 Å². The topological polar surface area (TPSA) is 42.4 Å². The smallest absolute Gasteiger partial charge is 0.137 e. The first-order valence-electron chi connectivity index (χ1n) is 5.21. The number of rotatable bonds is 4. The molecule has 0 saturated heterocycles. The highest BCUT2D eigenvalue weighted by molar-refractivity contribution is 7.16. The molecule has 90 valence electrons. The number of nitrogens with zero attached hydrogens (tertiary/aromatic N) is 1. The number of thiophene rings is 1. The van der Waals surface area contributed by atoms with Crippen molar-refractivity contribution < 1.29 is 9.84 Å². The zero-order valence-corrected chi connectivity index (χ0v) is 10.8. The van der Waals surface area contributed by atoms with E-state index in [4.69, 9.17) is 16.3 Å². The molecule has 0 aliphatic carbocycles. The van der Waals surface area contributed by atoms with Crippen LogP contribution in [-0.4, -0.2) is 16.7 Å². The molecule has 5 heteroatoms. The molecule has 17 heavy (non-hydrogen) atoms. The van der Waals surface area contributed by atoms with Crippen LogP contribution in [0.5, 0.6) is 5.75 Å². The molecule has 0 fully saturated rings. The van der Waals surface area contributed by atoms with Crippen molar-refractivity contribution >= 4 is 22.9 Å². The van der Waals surface area contributed by atoms with Crippen LogP contribution in [0.15, 0.2) is 30.6 Å². The number of ether oxygens (including phenoxy) is 1. The van der Waals surface area contributed by atoms with Crippen LogP contribution in [-0.2, 0) is 0 Å². The van der Waals surface area contributed by atoms with Gasteiger partial charge in [0.05, 0.1) is 17.1 Å². The van der Waals surface area contributed by atoms with Gasteiger partial charge in [-0.25, -0.2) is 0 Å². The molecular weight excluding hydrogens is 258 g/mol. The van der Waals surface area contributed by atoms with E-state index >= 15 is 0 Å². The van der Waals surface area contributed by atoms with Crippen LogP contribution in [0.25, 0.3) is 0 Å². The van der Waals surface area contributed by atoms with Gasteiger partial charge in [-0.1, -0.05) is 11.6 Å². The van der Waals surface area contributed by atoms with E-state index in [1.807, 2.05) is 13.0 Å². The van der Waals surface area contributed by atoms with Gasteiger partial charge in [0.1, 0.15) is 11.9 Å². The Hall–Kier alpha value is -1.10. The first-order chi connectivity index (χ1) is 8.20. The molecule has 0 saturated carbocycles. The summed E-state index contributed by atoms with van der Waals surface area (Å²) < 4.78 is 6.00. The lowest BCUT2D eigenvalue weighted by molar-refractivity contribution is 0.222. The molecule has 0 aromatic carbocycles. The van der Waals surface area contributed by atoms with Gasteiger partial charge in [-0.05, 0) is 25.1 Å². The van der Waals surface area contributed by atoms with Gasteiger partial charge in [0.2, 0.25) is 0 Å². The van der Waals surface area contributed by atoms with Crippen molar-refractivity contribution in [2.75, 3.05) is 6.61 Å². The fourth-order valence-corrected chi connectivity index (χ4v) is 2.55. The van der Waals surface area contributed by atoms with E-state index in [1.54, 1.807) is 24.5 Å². The lowest BCUT2D eigenvalue weighted by Gasteiger charge is -2.10. The van der Waals surface area contributed by atoms with Crippen molar-refractivity contribution in [2.24, 2.45) is 0 Å². The number of aromatic nitrogens is 1. The summed E-state index contributed by atoms with van der Waals surface area (Å²) in [4.78, 5) is 4.84. The summed E-state index contributed by atoms with van der Waals surface area (Å²) in [7, 11) is 0. The standard InChI is InChI=1S/C12H12ClNO2S/c1-2-16-9-5-8(6-14-7-9)12(15)10-3-4-11(13)17-10/h3-7,12,15H,2H2,1H3. The minimum Gasteiger partial charge on any atom is -0.492 e. The van der Waals surface area contributed by atoms with Crippen LogP contribution in [0.3, 0.4) is 0 Å². The van der Waals surface area contributed by atoms with Crippen LogP contribution >= 0.6 is 22.9 Å². The SMILES string of the molecule is CCOc1cncc(C(O)c2ccc(Cl)s2)c1. The van der Waals surface area contributed by atoms with Gasteiger partial charge in [-0.3, -0.25) is 4.98 Å². The second-order valence-electron chi connectivity index (χ2n) is 3.43. The molecule has 2 rings (SSSR count). The van der Waals surface area contributed by atoms with E-state index < -0.39 is 6.10 Å². The Labute approximate surface area is 109 Å². The highest BCUT2D eigenvalue weighted by Gasteiger charge is 2.13. The maximum Gasteiger partial charge on any atom is 0.137 e. The number of hydrogen-bond acceptors (Lipinski definition) is 4. The predicted molar refractivity (Wildman–Crippen MR) is 68.8 cm³/mol. The summed E-state index contributed by atoms with van der Waals surface area (Å²) in [5.74, 6) is 0.659. The second kappa shape index (κ2) is 5.49. The third-order valence-electron chi connectivity index (χ3n) is 2.22. The van der Waals surface area contributed by atoms with Crippen molar-refractivity contribution in [3.8, 4) is 5.75 Å². The number of aliphatic hydroxyl groups is 1. The Balaban J connectivity index is 2.24. The largest absolute Gasteiger partial charge is 0.492 e. The summed E-state index contributed by atoms with van der Waals surface area (Å²) in [5.41, 5.74) is 0.703. The second-order valence-corrected chi connectivity index (χ2v) is 5.18. The van der Waals surface area contributed by atoms with Crippen LogP contribution in [0, 0.1) is 0 Å². The minimum absolute atomic E-state index is 0.575. The average molecular weight is 270 g/mol. The normalized spacial score (nSPS) is 12.4. The van der Waals surface area contributed by atoms with E-state index in [1.165, 1.54) is 11.3 Å². The van der Waals surface area contributed by atoms with Crippen LogP contribution in [0.4, 0.5) is 0 Å². The Morgan fingerprint density at radius 1 is 1.47 bits per heavy atom. The minimum atomic E-state index is -0.708. The quantitative estimate of drug-likeness (QED) is 0.926. The predicted octanol–water partition coefficient (Wildman–Crippen LogP) is 3.28. The third-order valence-corrected chi connectivity index (χ3v) is 3.51. The highest BCUT2D eigenvalue weighted by Crippen LogP contribution is 2.31. The van der Waals surface area contributed by atoms with Gasteiger partial charge < -0.3 is 9.84 Å². The molecule has 0 aliphatic heterocycles. The first kappa shape index (κ1) is 12.4. The van der Waals surface area contributed by atoms with E-state index in [9.17, 15) is 5.11 Å². The number of halogens is 1. The van der Waals surface area contributed by atoms with Crippen molar-refractivity contribution in [1.82, 2.24) is 4.98 Å². The summed E-state index contributed by atoms with van der Waals surface area (Å²) >= 11 is 7.20. The van der Waals surface area contributed by atoms with E-state index in [0.29, 0.717) is 22.3 Å². The monoisotopic (exact) mass is 269 g/mol. The van der Waals surface area contributed by atoms with E-state index in [0.717, 1.165) is 4.88 Å². The molecule has 0 bridgehead atoms. The number of pyridine rings is 1. The molecule has 0 radical (unpaired) electrons. The molecule has 1 unspecified atom stereocenters. The molecule has 0 aliphatic rings. The van der Waals surface area contributed by atoms with E-state index in [2.05, 4.69) is 4.98 Å². The number of hydrogen-bond donors (Lipinski definition) is 1. The first-order valence-corrected chi connectivity index (χ1v) is 6.41. The van der Waals surface area contributed by atoms with Gasteiger partial charge in [0.25, 0.3) is 0 Å². The average Bonchev–Trinajstić information content (AvgIpc) is 2.76. The van der Waals surface area contributed by atoms with Gasteiger partial charge in [0, 0.05) is 16.6 Å². The molecule has 1 atom stereocenters. The van der Waals surface area contributed by atoms with Gasteiger partial charge >= 0.3 is 0 Å². The summed E-state index contributed by atoms with van der Waals surface area (Å²) in [6.07, 6.45) is 2.54. The fourth-order valence-electron chi connectivity index (χ4n) is 1.47. The molecule has 1 N–H and O–H groups in total. The zero-order chi connectivity index (χ0) is 12.3. The summed E-state index contributed by atoms with van der Waals surface area (Å²) in [6.45, 7) is 2.48. The number of aliphatic hydroxyl groups excluding tert-OH is 1. The lowest BCUT2D eigenvalue weighted by Crippen LogP contribution is -1.99. The van der Waals surface area contributed by atoms with Crippen molar-refractivity contribution in [1.29, 1.82) is 0 Å². The van der Waals surface area contributed by atoms with Crippen molar-refractivity contribution in [3.05, 3.63) is 45.4 Å². The Kier molecular flexibility index (Phi) is 3.99. The molecule has 2 heterocycles. The lowest BCUT2D eigenvalue weighted by atomic mass is 10.1. The third kappa shape index (κ3) is 2.97. The van der Waals surface area contributed by atoms with Crippen LogP contribution < -0.4 is 4.74 Å². The van der Waals surface area contributed by atoms with Crippen LogP contribution in [0.2, 0.25) is 4.34 Å². The zero-order valence-electron chi connectivity index (χ0n) is 9.26. The van der Waals surface area contributed by atoms with Gasteiger partial charge in [-0.15, -0.1) is 11.3 Å². The molecule has 3 nitrogen and oxygen atoms in total. The van der Waals surface area contributed by atoms with Crippen LogP contribution in [0.1, 0.15) is 23.5 Å². The molecule has 2 aromatic heterocycles.